The van der Waals surface area contributed by atoms with Gasteiger partial charge in [-0.3, -0.25) is 4.57 Å². The smallest absolute Gasteiger partial charge is 0.410 e. The number of ether oxygens (including phenoxy) is 1. The molecular weight excluding hydrogens is 389 g/mol. The summed E-state index contributed by atoms with van der Waals surface area (Å²) in [5.74, 6) is 0. The molecule has 1 fully saturated rings. The molecule has 0 saturated carbocycles. The average molecular weight is 412 g/mol. The number of aromatic amines is 1. The van der Waals surface area contributed by atoms with Crippen molar-refractivity contribution in [1.82, 2.24) is 14.5 Å². The summed E-state index contributed by atoms with van der Waals surface area (Å²) >= 11 is 12.0. The fourth-order valence-electron chi connectivity index (χ4n) is 3.14. The molecule has 6 nitrogen and oxygen atoms in total. The van der Waals surface area contributed by atoms with E-state index in [1.165, 1.54) is 0 Å². The molecular formula is C19H23Cl2N3O3. The second-order valence-corrected chi connectivity index (χ2v) is 8.52. The van der Waals surface area contributed by atoms with Gasteiger partial charge in [-0.25, -0.2) is 9.59 Å². The molecule has 0 spiro atoms. The van der Waals surface area contributed by atoms with E-state index in [4.69, 9.17) is 27.9 Å². The van der Waals surface area contributed by atoms with Crippen LogP contribution in [0, 0.1) is 0 Å². The summed E-state index contributed by atoms with van der Waals surface area (Å²) in [6.07, 6.45) is 2.88. The van der Waals surface area contributed by atoms with Gasteiger partial charge in [0.25, 0.3) is 0 Å². The normalized spacial score (nSPS) is 15.8. The highest BCUT2D eigenvalue weighted by atomic mass is 35.5. The number of H-pyrrole nitrogens is 1. The lowest BCUT2D eigenvalue weighted by Crippen LogP contribution is -2.42. The lowest BCUT2D eigenvalue weighted by molar-refractivity contribution is 0.0187. The highest BCUT2D eigenvalue weighted by Gasteiger charge is 2.28. The Morgan fingerprint density at radius 2 is 1.85 bits per heavy atom. The highest BCUT2D eigenvalue weighted by molar-refractivity contribution is 6.42. The highest BCUT2D eigenvalue weighted by Crippen LogP contribution is 2.29. The molecule has 1 amide bonds. The van der Waals surface area contributed by atoms with Gasteiger partial charge in [0.1, 0.15) is 5.60 Å². The molecule has 2 heterocycles. The van der Waals surface area contributed by atoms with Crippen LogP contribution in [-0.4, -0.2) is 39.2 Å². The zero-order chi connectivity index (χ0) is 19.8. The van der Waals surface area contributed by atoms with Crippen LogP contribution in [0.25, 0.3) is 11.3 Å². The summed E-state index contributed by atoms with van der Waals surface area (Å²) in [5.41, 5.74) is 0.798. The summed E-state index contributed by atoms with van der Waals surface area (Å²) in [6.45, 7) is 6.66. The number of aromatic nitrogens is 2. The number of amides is 1. The lowest BCUT2D eigenvalue weighted by Gasteiger charge is -2.33. The number of halogens is 2. The first kappa shape index (κ1) is 19.8. The van der Waals surface area contributed by atoms with Crippen molar-refractivity contribution in [1.29, 1.82) is 0 Å². The molecule has 1 saturated heterocycles. The topological polar surface area (TPSA) is 67.3 Å². The number of carbonyl (C=O) groups is 1. The van der Waals surface area contributed by atoms with Crippen molar-refractivity contribution in [2.75, 3.05) is 13.1 Å². The number of nitrogens with one attached hydrogen (secondary N) is 1. The molecule has 2 aromatic rings. The molecule has 3 rings (SSSR count). The maximum atomic E-state index is 12.4. The molecule has 0 aliphatic carbocycles. The van der Waals surface area contributed by atoms with Gasteiger partial charge in [-0.1, -0.05) is 29.3 Å². The van der Waals surface area contributed by atoms with E-state index in [9.17, 15) is 9.59 Å². The second-order valence-electron chi connectivity index (χ2n) is 7.71. The molecule has 27 heavy (non-hydrogen) atoms. The van der Waals surface area contributed by atoms with Gasteiger partial charge in [-0.2, -0.15) is 0 Å². The number of likely N-dealkylation sites (tertiary alicyclic amines) is 1. The number of hydrogen-bond donors (Lipinski definition) is 1. The summed E-state index contributed by atoms with van der Waals surface area (Å²) in [7, 11) is 0. The fraction of sp³-hybridized carbons (Fsp3) is 0.474. The van der Waals surface area contributed by atoms with Gasteiger partial charge in [-0.05, 0) is 45.7 Å². The molecule has 8 heteroatoms. The predicted molar refractivity (Wildman–Crippen MR) is 107 cm³/mol. The molecule has 1 aromatic carbocycles. The van der Waals surface area contributed by atoms with Crippen LogP contribution < -0.4 is 5.69 Å². The molecule has 0 atom stereocenters. The molecule has 1 aliphatic heterocycles. The van der Waals surface area contributed by atoms with Gasteiger partial charge < -0.3 is 14.6 Å². The van der Waals surface area contributed by atoms with Crippen molar-refractivity contribution in [3.63, 3.8) is 0 Å². The maximum Gasteiger partial charge on any atom is 0.410 e. The summed E-state index contributed by atoms with van der Waals surface area (Å²) in [4.78, 5) is 29.2. The van der Waals surface area contributed by atoms with Crippen LogP contribution in [0.3, 0.4) is 0 Å². The standard InChI is InChI=1S/C19H23Cl2N3O3/c1-19(2,3)27-18(26)23-8-6-13(7-9-23)24-11-16(22-17(24)25)12-4-5-14(20)15(21)10-12/h4-5,10-11,13H,6-9H2,1-3H3,(H,22,25). The van der Waals surface area contributed by atoms with E-state index in [0.29, 0.717) is 41.7 Å². The number of carbonyl (C=O) groups excluding carboxylic acids is 1. The van der Waals surface area contributed by atoms with Crippen LogP contribution >= 0.6 is 23.2 Å². The predicted octanol–water partition coefficient (Wildman–Crippen LogP) is 4.72. The monoisotopic (exact) mass is 411 g/mol. The largest absolute Gasteiger partial charge is 0.444 e. The minimum Gasteiger partial charge on any atom is -0.444 e. The molecule has 146 valence electrons. The van der Waals surface area contributed by atoms with E-state index in [1.54, 1.807) is 27.8 Å². The molecule has 0 radical (unpaired) electrons. The number of benzene rings is 1. The molecule has 1 aliphatic rings. The summed E-state index contributed by atoms with van der Waals surface area (Å²) in [6, 6.07) is 5.28. The van der Waals surface area contributed by atoms with Gasteiger partial charge in [-0.15, -0.1) is 0 Å². The molecule has 1 N–H and O–H groups in total. The Labute approximate surface area is 168 Å². The number of imidazole rings is 1. The minimum absolute atomic E-state index is 0.0314. The Kier molecular flexibility index (Phi) is 5.58. The Bertz CT molecular complexity index is 890. The third-order valence-corrected chi connectivity index (χ3v) is 5.22. The van der Waals surface area contributed by atoms with Crippen LogP contribution in [0.5, 0.6) is 0 Å². The van der Waals surface area contributed by atoms with Gasteiger partial charge in [0.15, 0.2) is 0 Å². The van der Waals surface area contributed by atoms with Crippen molar-refractivity contribution >= 4 is 29.3 Å². The van der Waals surface area contributed by atoms with Crippen molar-refractivity contribution in [2.24, 2.45) is 0 Å². The zero-order valence-corrected chi connectivity index (χ0v) is 17.1. The van der Waals surface area contributed by atoms with Gasteiger partial charge in [0.05, 0.1) is 15.7 Å². The van der Waals surface area contributed by atoms with E-state index < -0.39 is 5.60 Å². The number of hydrogen-bond acceptors (Lipinski definition) is 3. The van der Waals surface area contributed by atoms with Crippen LogP contribution in [-0.2, 0) is 4.74 Å². The van der Waals surface area contributed by atoms with E-state index in [0.717, 1.165) is 5.56 Å². The molecule has 1 aromatic heterocycles. The van der Waals surface area contributed by atoms with Crippen LogP contribution in [0.1, 0.15) is 39.7 Å². The first-order chi connectivity index (χ1) is 12.6. The number of piperidine rings is 1. The fourth-order valence-corrected chi connectivity index (χ4v) is 3.44. The van der Waals surface area contributed by atoms with Gasteiger partial charge in [0.2, 0.25) is 0 Å². The third kappa shape index (κ3) is 4.68. The SMILES string of the molecule is CC(C)(C)OC(=O)N1CCC(n2cc(-c3ccc(Cl)c(Cl)c3)[nH]c2=O)CC1. The quantitative estimate of drug-likeness (QED) is 0.776. The Balaban J connectivity index is 1.70. The van der Waals surface area contributed by atoms with Crippen LogP contribution in [0.2, 0.25) is 10.0 Å². The second kappa shape index (κ2) is 7.60. The van der Waals surface area contributed by atoms with E-state index in [-0.39, 0.29) is 17.8 Å². The Morgan fingerprint density at radius 3 is 2.44 bits per heavy atom. The van der Waals surface area contributed by atoms with E-state index in [2.05, 4.69) is 4.98 Å². The summed E-state index contributed by atoms with van der Waals surface area (Å²) in [5, 5.41) is 0.908. The van der Waals surface area contributed by atoms with Gasteiger partial charge >= 0.3 is 11.8 Å². The van der Waals surface area contributed by atoms with Crippen molar-refractivity contribution in [3.8, 4) is 11.3 Å². The van der Waals surface area contributed by atoms with Gasteiger partial charge in [0, 0.05) is 30.9 Å². The third-order valence-electron chi connectivity index (χ3n) is 4.48. The van der Waals surface area contributed by atoms with E-state index in [1.807, 2.05) is 26.8 Å². The van der Waals surface area contributed by atoms with E-state index >= 15 is 0 Å². The van der Waals surface area contributed by atoms with Crippen LogP contribution in [0.15, 0.2) is 29.2 Å². The maximum absolute atomic E-state index is 12.4. The van der Waals surface area contributed by atoms with Crippen molar-refractivity contribution in [2.45, 2.75) is 45.3 Å². The number of rotatable bonds is 2. The zero-order valence-electron chi connectivity index (χ0n) is 15.6. The average Bonchev–Trinajstić information content (AvgIpc) is 2.98. The van der Waals surface area contributed by atoms with Crippen LogP contribution in [0.4, 0.5) is 4.79 Å². The Morgan fingerprint density at radius 1 is 1.19 bits per heavy atom. The summed E-state index contributed by atoms with van der Waals surface area (Å²) < 4.78 is 7.11. The minimum atomic E-state index is -0.514. The first-order valence-corrected chi connectivity index (χ1v) is 9.64. The Hall–Kier alpha value is -1.92. The molecule has 0 unspecified atom stereocenters. The van der Waals surface area contributed by atoms with Crippen molar-refractivity contribution < 1.29 is 9.53 Å². The number of nitrogens with zero attached hydrogens (tertiary/aromatic N) is 2. The van der Waals surface area contributed by atoms with Crippen molar-refractivity contribution in [3.05, 3.63) is 44.9 Å². The first-order valence-electron chi connectivity index (χ1n) is 8.88. The molecule has 0 bridgehead atoms. The lowest BCUT2D eigenvalue weighted by atomic mass is 10.1.